The van der Waals surface area contributed by atoms with E-state index in [-0.39, 0.29) is 0 Å². The van der Waals surface area contributed by atoms with Gasteiger partial charge in [0.1, 0.15) is 0 Å². The molecular weight excluding hydrogens is 196 g/mol. The summed E-state index contributed by atoms with van der Waals surface area (Å²) in [6, 6.07) is 6.72. The smallest absolute Gasteiger partial charge is 0.0353 e. The molecule has 1 saturated heterocycles. The molecule has 0 aliphatic carbocycles. The maximum Gasteiger partial charge on any atom is 0.0353 e. The van der Waals surface area contributed by atoms with Crippen LogP contribution in [0.1, 0.15) is 36.0 Å². The highest BCUT2D eigenvalue weighted by Crippen LogP contribution is 2.11. The minimum atomic E-state index is 0.959. The van der Waals surface area contributed by atoms with E-state index in [1.54, 1.807) is 0 Å². The second-order valence-corrected chi connectivity index (χ2v) is 4.80. The number of aryl methyl sites for hydroxylation is 2. The van der Waals surface area contributed by atoms with Crippen molar-refractivity contribution in [2.75, 3.05) is 13.1 Å². The van der Waals surface area contributed by atoms with Crippen LogP contribution in [-0.4, -0.2) is 18.1 Å². The molecule has 16 heavy (non-hydrogen) atoms. The van der Waals surface area contributed by atoms with Crippen LogP contribution in [0.15, 0.2) is 18.2 Å². The van der Waals surface area contributed by atoms with Crippen molar-refractivity contribution in [2.24, 2.45) is 0 Å². The zero-order valence-electron chi connectivity index (χ0n) is 10.4. The zero-order chi connectivity index (χ0) is 11.4. The summed E-state index contributed by atoms with van der Waals surface area (Å²) in [4.78, 5) is 0. The van der Waals surface area contributed by atoms with Gasteiger partial charge in [-0.2, -0.15) is 0 Å². The molecule has 0 radical (unpaired) electrons. The minimum Gasteiger partial charge on any atom is -0.251 e. The van der Waals surface area contributed by atoms with Gasteiger partial charge in [0, 0.05) is 19.6 Å². The van der Waals surface area contributed by atoms with Crippen LogP contribution in [0.3, 0.4) is 0 Å². The van der Waals surface area contributed by atoms with E-state index in [0.717, 1.165) is 6.54 Å². The summed E-state index contributed by atoms with van der Waals surface area (Å²) < 4.78 is 0. The molecule has 0 saturated carbocycles. The van der Waals surface area contributed by atoms with Gasteiger partial charge in [0.2, 0.25) is 0 Å². The molecule has 1 heterocycles. The molecule has 0 aromatic heterocycles. The Morgan fingerprint density at radius 2 is 1.81 bits per heavy atom. The Labute approximate surface area is 98.6 Å². The lowest BCUT2D eigenvalue weighted by atomic mass is 10.1. The lowest BCUT2D eigenvalue weighted by molar-refractivity contribution is 0.151. The fraction of sp³-hybridized carbons (Fsp3) is 0.571. The minimum absolute atomic E-state index is 0.959. The monoisotopic (exact) mass is 218 g/mol. The zero-order valence-corrected chi connectivity index (χ0v) is 10.4. The lowest BCUT2D eigenvalue weighted by Crippen LogP contribution is -2.41. The number of rotatable bonds is 3. The number of hydrazine groups is 1. The summed E-state index contributed by atoms with van der Waals surface area (Å²) >= 11 is 0. The first-order valence-electron chi connectivity index (χ1n) is 6.30. The Balaban J connectivity index is 1.86. The molecule has 0 spiro atoms. The molecule has 1 fully saturated rings. The summed E-state index contributed by atoms with van der Waals surface area (Å²) in [6.45, 7) is 7.70. The third-order valence-corrected chi connectivity index (χ3v) is 3.43. The molecule has 2 nitrogen and oxygen atoms in total. The molecule has 2 heteroatoms. The molecule has 1 aromatic carbocycles. The van der Waals surface area contributed by atoms with E-state index in [0.29, 0.717) is 0 Å². The number of piperidine rings is 1. The van der Waals surface area contributed by atoms with E-state index in [1.807, 2.05) is 0 Å². The summed E-state index contributed by atoms with van der Waals surface area (Å²) in [7, 11) is 0. The molecule has 0 amide bonds. The molecule has 0 bridgehead atoms. The van der Waals surface area contributed by atoms with Crippen molar-refractivity contribution in [3.63, 3.8) is 0 Å². The Bertz CT molecular complexity index is 341. The van der Waals surface area contributed by atoms with E-state index in [2.05, 4.69) is 42.5 Å². The van der Waals surface area contributed by atoms with Crippen LogP contribution in [0.25, 0.3) is 0 Å². The molecular formula is C14H22N2. The van der Waals surface area contributed by atoms with Crippen molar-refractivity contribution < 1.29 is 0 Å². The SMILES string of the molecule is Cc1ccc(CNN2CCCCC2)cc1C. The number of nitrogens with one attached hydrogen (secondary N) is 1. The quantitative estimate of drug-likeness (QED) is 0.839. The van der Waals surface area contributed by atoms with E-state index in [4.69, 9.17) is 0 Å². The average Bonchev–Trinajstić information content (AvgIpc) is 2.32. The Morgan fingerprint density at radius 3 is 2.50 bits per heavy atom. The summed E-state index contributed by atoms with van der Waals surface area (Å²) in [6.07, 6.45) is 4.06. The number of nitrogens with zero attached hydrogens (tertiary/aromatic N) is 1. The maximum atomic E-state index is 3.52. The molecule has 1 N–H and O–H groups in total. The first-order chi connectivity index (χ1) is 7.75. The number of benzene rings is 1. The highest BCUT2D eigenvalue weighted by atomic mass is 15.5. The highest BCUT2D eigenvalue weighted by Gasteiger charge is 2.08. The van der Waals surface area contributed by atoms with Crippen molar-refractivity contribution in [2.45, 2.75) is 39.7 Å². The van der Waals surface area contributed by atoms with Crippen LogP contribution in [0.5, 0.6) is 0 Å². The van der Waals surface area contributed by atoms with Crippen LogP contribution < -0.4 is 5.43 Å². The molecule has 1 aromatic rings. The van der Waals surface area contributed by atoms with Gasteiger partial charge in [0.05, 0.1) is 0 Å². The third kappa shape index (κ3) is 3.06. The molecule has 2 rings (SSSR count). The van der Waals surface area contributed by atoms with Crippen molar-refractivity contribution in [3.8, 4) is 0 Å². The molecule has 0 unspecified atom stereocenters. The van der Waals surface area contributed by atoms with Gasteiger partial charge in [-0.3, -0.25) is 5.43 Å². The lowest BCUT2D eigenvalue weighted by Gasteiger charge is -2.27. The van der Waals surface area contributed by atoms with Gasteiger partial charge in [-0.05, 0) is 43.4 Å². The Morgan fingerprint density at radius 1 is 1.06 bits per heavy atom. The predicted octanol–water partition coefficient (Wildman–Crippen LogP) is 2.79. The van der Waals surface area contributed by atoms with Crippen LogP contribution in [-0.2, 0) is 6.54 Å². The van der Waals surface area contributed by atoms with Crippen molar-refractivity contribution in [1.82, 2.24) is 10.4 Å². The standard InChI is InChI=1S/C14H22N2/c1-12-6-7-14(10-13(12)2)11-15-16-8-4-3-5-9-16/h6-7,10,15H,3-5,8-9,11H2,1-2H3. The fourth-order valence-electron chi connectivity index (χ4n) is 2.17. The van der Waals surface area contributed by atoms with Crippen LogP contribution in [0, 0.1) is 13.8 Å². The van der Waals surface area contributed by atoms with Gasteiger partial charge in [-0.1, -0.05) is 24.6 Å². The second-order valence-electron chi connectivity index (χ2n) is 4.80. The topological polar surface area (TPSA) is 15.3 Å². The number of hydrogen-bond acceptors (Lipinski definition) is 2. The normalized spacial score (nSPS) is 17.6. The van der Waals surface area contributed by atoms with Gasteiger partial charge >= 0.3 is 0 Å². The molecule has 88 valence electrons. The first kappa shape index (κ1) is 11.6. The second kappa shape index (κ2) is 5.46. The van der Waals surface area contributed by atoms with Gasteiger partial charge in [-0.25, -0.2) is 5.01 Å². The summed E-state index contributed by atoms with van der Waals surface area (Å²) in [5, 5.41) is 2.36. The third-order valence-electron chi connectivity index (χ3n) is 3.43. The largest absolute Gasteiger partial charge is 0.251 e. The van der Waals surface area contributed by atoms with Crippen molar-refractivity contribution in [3.05, 3.63) is 34.9 Å². The summed E-state index contributed by atoms with van der Waals surface area (Å²) in [5.74, 6) is 0. The van der Waals surface area contributed by atoms with E-state index in [1.165, 1.54) is 49.0 Å². The summed E-state index contributed by atoms with van der Waals surface area (Å²) in [5.41, 5.74) is 7.66. The van der Waals surface area contributed by atoms with Gasteiger partial charge in [0.15, 0.2) is 0 Å². The average molecular weight is 218 g/mol. The Hall–Kier alpha value is -0.860. The molecule has 0 atom stereocenters. The van der Waals surface area contributed by atoms with Gasteiger partial charge in [-0.15, -0.1) is 0 Å². The van der Waals surface area contributed by atoms with E-state index in [9.17, 15) is 0 Å². The van der Waals surface area contributed by atoms with Gasteiger partial charge in [0.25, 0.3) is 0 Å². The fourth-order valence-corrected chi connectivity index (χ4v) is 2.17. The maximum absolute atomic E-state index is 3.52. The van der Waals surface area contributed by atoms with Crippen LogP contribution in [0.2, 0.25) is 0 Å². The molecule has 1 aliphatic heterocycles. The first-order valence-corrected chi connectivity index (χ1v) is 6.30. The Kier molecular flexibility index (Phi) is 3.97. The predicted molar refractivity (Wildman–Crippen MR) is 68.2 cm³/mol. The van der Waals surface area contributed by atoms with Crippen molar-refractivity contribution >= 4 is 0 Å². The van der Waals surface area contributed by atoms with Crippen molar-refractivity contribution in [1.29, 1.82) is 0 Å². The van der Waals surface area contributed by atoms with E-state index < -0.39 is 0 Å². The van der Waals surface area contributed by atoms with E-state index >= 15 is 0 Å². The molecule has 1 aliphatic rings. The number of hydrogen-bond donors (Lipinski definition) is 1. The van der Waals surface area contributed by atoms with Gasteiger partial charge < -0.3 is 0 Å². The highest BCUT2D eigenvalue weighted by molar-refractivity contribution is 5.29. The van der Waals surface area contributed by atoms with Crippen LogP contribution in [0.4, 0.5) is 0 Å². The van der Waals surface area contributed by atoms with Crippen LogP contribution >= 0.6 is 0 Å².